The highest BCUT2D eigenvalue weighted by Crippen LogP contribution is 2.33. The van der Waals surface area contributed by atoms with Gasteiger partial charge in [-0.25, -0.2) is 0 Å². The highest BCUT2D eigenvalue weighted by atomic mass is 35.5. The number of nitrogens with two attached hydrogens (primary N) is 1. The molecule has 18 heavy (non-hydrogen) atoms. The van der Waals surface area contributed by atoms with Gasteiger partial charge in [-0.2, -0.15) is 0 Å². The normalized spacial score (nSPS) is 15.0. The Morgan fingerprint density at radius 2 is 1.56 bits per heavy atom. The first-order valence-electron chi connectivity index (χ1n) is 6.45. The van der Waals surface area contributed by atoms with Crippen LogP contribution in [-0.2, 0) is 0 Å². The first kappa shape index (κ1) is 13.4. The second-order valence-electron chi connectivity index (χ2n) is 5.31. The zero-order chi connectivity index (χ0) is 13.3. The standard InChI is InChI=1S/C16H20ClN/c1-10(2)11(3)16(18)14-8-9-15(17)13-7-5-4-6-12(13)14/h4-11,16H,18H2,1-3H3. The van der Waals surface area contributed by atoms with Crippen molar-refractivity contribution in [2.75, 3.05) is 0 Å². The lowest BCUT2D eigenvalue weighted by Gasteiger charge is -2.25. The summed E-state index contributed by atoms with van der Waals surface area (Å²) in [6, 6.07) is 12.3. The molecule has 2 aromatic rings. The van der Waals surface area contributed by atoms with E-state index in [0.717, 1.165) is 10.4 Å². The maximum absolute atomic E-state index is 6.41. The van der Waals surface area contributed by atoms with Crippen LogP contribution in [-0.4, -0.2) is 0 Å². The van der Waals surface area contributed by atoms with E-state index in [9.17, 15) is 0 Å². The lowest BCUT2D eigenvalue weighted by Crippen LogP contribution is -2.23. The van der Waals surface area contributed by atoms with E-state index in [1.165, 1.54) is 10.9 Å². The molecule has 0 spiro atoms. The van der Waals surface area contributed by atoms with Gasteiger partial charge < -0.3 is 5.73 Å². The van der Waals surface area contributed by atoms with Crippen molar-refractivity contribution in [1.82, 2.24) is 0 Å². The quantitative estimate of drug-likeness (QED) is 0.845. The Morgan fingerprint density at radius 3 is 2.17 bits per heavy atom. The van der Waals surface area contributed by atoms with Crippen LogP contribution in [0.15, 0.2) is 36.4 Å². The molecule has 96 valence electrons. The topological polar surface area (TPSA) is 26.0 Å². The van der Waals surface area contributed by atoms with Crippen molar-refractivity contribution in [3.63, 3.8) is 0 Å². The summed E-state index contributed by atoms with van der Waals surface area (Å²) in [5, 5.41) is 3.05. The smallest absolute Gasteiger partial charge is 0.0484 e. The first-order chi connectivity index (χ1) is 8.52. The Hall–Kier alpha value is -1.05. The molecule has 2 aromatic carbocycles. The molecule has 2 atom stereocenters. The highest BCUT2D eigenvalue weighted by Gasteiger charge is 2.20. The van der Waals surface area contributed by atoms with Crippen molar-refractivity contribution in [3.05, 3.63) is 47.0 Å². The maximum atomic E-state index is 6.41. The van der Waals surface area contributed by atoms with Crippen molar-refractivity contribution in [2.45, 2.75) is 26.8 Å². The van der Waals surface area contributed by atoms with Gasteiger partial charge in [0.1, 0.15) is 0 Å². The van der Waals surface area contributed by atoms with E-state index in [1.807, 2.05) is 24.3 Å². The molecule has 0 heterocycles. The fourth-order valence-corrected chi connectivity index (χ4v) is 2.50. The second kappa shape index (κ2) is 5.29. The van der Waals surface area contributed by atoms with Crippen LogP contribution in [0.5, 0.6) is 0 Å². The van der Waals surface area contributed by atoms with Crippen LogP contribution in [0.4, 0.5) is 0 Å². The summed E-state index contributed by atoms with van der Waals surface area (Å²) in [5.74, 6) is 1.00. The number of halogens is 1. The lowest BCUT2D eigenvalue weighted by atomic mass is 9.85. The van der Waals surface area contributed by atoms with E-state index in [2.05, 4.69) is 32.9 Å². The zero-order valence-corrected chi connectivity index (χ0v) is 11.9. The zero-order valence-electron chi connectivity index (χ0n) is 11.2. The third-order valence-corrected chi connectivity index (χ3v) is 4.21. The molecule has 1 nitrogen and oxygen atoms in total. The number of hydrogen-bond acceptors (Lipinski definition) is 1. The average Bonchev–Trinajstić information content (AvgIpc) is 2.38. The third kappa shape index (κ3) is 2.38. The molecular weight excluding hydrogens is 242 g/mol. The van der Waals surface area contributed by atoms with Crippen LogP contribution in [0.2, 0.25) is 5.02 Å². The summed E-state index contributed by atoms with van der Waals surface area (Å²) in [4.78, 5) is 0. The molecule has 0 aliphatic rings. The number of benzene rings is 2. The van der Waals surface area contributed by atoms with E-state index >= 15 is 0 Å². The third-order valence-electron chi connectivity index (χ3n) is 3.88. The summed E-state index contributed by atoms with van der Waals surface area (Å²) in [6.07, 6.45) is 0. The van der Waals surface area contributed by atoms with Crippen molar-refractivity contribution in [3.8, 4) is 0 Å². The largest absolute Gasteiger partial charge is 0.324 e. The van der Waals surface area contributed by atoms with Crippen LogP contribution >= 0.6 is 11.6 Å². The summed E-state index contributed by atoms with van der Waals surface area (Å²) in [7, 11) is 0. The molecule has 0 saturated heterocycles. The summed E-state index contributed by atoms with van der Waals surface area (Å²) in [5.41, 5.74) is 7.60. The number of rotatable bonds is 3. The Bertz CT molecular complexity index is 548. The predicted octanol–water partition coefficient (Wildman–Crippen LogP) is 4.79. The van der Waals surface area contributed by atoms with Gasteiger partial charge in [0.05, 0.1) is 0 Å². The fraction of sp³-hybridized carbons (Fsp3) is 0.375. The Kier molecular flexibility index (Phi) is 3.94. The molecule has 2 unspecified atom stereocenters. The van der Waals surface area contributed by atoms with E-state index in [-0.39, 0.29) is 6.04 Å². The molecule has 0 fully saturated rings. The maximum Gasteiger partial charge on any atom is 0.0484 e. The molecule has 2 heteroatoms. The van der Waals surface area contributed by atoms with Gasteiger partial charge in [-0.1, -0.05) is 62.7 Å². The van der Waals surface area contributed by atoms with Crippen LogP contribution in [0, 0.1) is 11.8 Å². The van der Waals surface area contributed by atoms with Crippen LogP contribution in [0.1, 0.15) is 32.4 Å². The van der Waals surface area contributed by atoms with Gasteiger partial charge in [-0.15, -0.1) is 0 Å². The monoisotopic (exact) mass is 261 g/mol. The minimum absolute atomic E-state index is 0.0483. The van der Waals surface area contributed by atoms with Crippen molar-refractivity contribution in [2.24, 2.45) is 17.6 Å². The molecule has 0 amide bonds. The van der Waals surface area contributed by atoms with Gasteiger partial charge in [-0.3, -0.25) is 0 Å². The minimum Gasteiger partial charge on any atom is -0.324 e. The SMILES string of the molecule is CC(C)C(C)C(N)c1ccc(Cl)c2ccccc12. The minimum atomic E-state index is 0.0483. The van der Waals surface area contributed by atoms with E-state index in [0.29, 0.717) is 11.8 Å². The molecule has 0 aliphatic carbocycles. The summed E-state index contributed by atoms with van der Waals surface area (Å²) >= 11 is 6.24. The molecule has 0 saturated carbocycles. The lowest BCUT2D eigenvalue weighted by molar-refractivity contribution is 0.353. The van der Waals surface area contributed by atoms with Gasteiger partial charge in [0, 0.05) is 16.5 Å². The van der Waals surface area contributed by atoms with Crippen molar-refractivity contribution >= 4 is 22.4 Å². The average molecular weight is 262 g/mol. The second-order valence-corrected chi connectivity index (χ2v) is 5.72. The van der Waals surface area contributed by atoms with E-state index in [1.54, 1.807) is 0 Å². The van der Waals surface area contributed by atoms with Crippen LogP contribution in [0.25, 0.3) is 10.8 Å². The molecule has 0 bridgehead atoms. The van der Waals surface area contributed by atoms with Crippen LogP contribution in [0.3, 0.4) is 0 Å². The Labute approximate surface area is 114 Å². The molecule has 2 N–H and O–H groups in total. The molecular formula is C16H20ClN. The van der Waals surface area contributed by atoms with Crippen molar-refractivity contribution in [1.29, 1.82) is 0 Å². The summed E-state index contributed by atoms with van der Waals surface area (Å²) < 4.78 is 0. The number of fused-ring (bicyclic) bond motifs is 1. The van der Waals surface area contributed by atoms with Crippen LogP contribution < -0.4 is 5.73 Å². The first-order valence-corrected chi connectivity index (χ1v) is 6.83. The Morgan fingerprint density at radius 1 is 0.944 bits per heavy atom. The van der Waals surface area contributed by atoms with Gasteiger partial charge in [0.2, 0.25) is 0 Å². The van der Waals surface area contributed by atoms with Gasteiger partial charge in [0.15, 0.2) is 0 Å². The highest BCUT2D eigenvalue weighted by molar-refractivity contribution is 6.35. The van der Waals surface area contributed by atoms with E-state index < -0.39 is 0 Å². The molecule has 0 aliphatic heterocycles. The summed E-state index contributed by atoms with van der Waals surface area (Å²) in [6.45, 7) is 6.63. The predicted molar refractivity (Wildman–Crippen MR) is 79.9 cm³/mol. The van der Waals surface area contributed by atoms with Crippen molar-refractivity contribution < 1.29 is 0 Å². The molecule has 0 radical (unpaired) electrons. The van der Waals surface area contributed by atoms with Gasteiger partial charge in [0.25, 0.3) is 0 Å². The molecule has 2 rings (SSSR count). The Balaban J connectivity index is 2.55. The van der Waals surface area contributed by atoms with Gasteiger partial charge in [-0.05, 0) is 28.9 Å². The van der Waals surface area contributed by atoms with Gasteiger partial charge >= 0.3 is 0 Å². The van der Waals surface area contributed by atoms with E-state index in [4.69, 9.17) is 17.3 Å². The molecule has 0 aromatic heterocycles. The number of hydrogen-bond donors (Lipinski definition) is 1. The fourth-order valence-electron chi connectivity index (χ4n) is 2.27.